The van der Waals surface area contributed by atoms with Crippen molar-refractivity contribution in [2.24, 2.45) is 7.05 Å². The maximum Gasteiger partial charge on any atom is 0.112 e. The fraction of sp³-hybridized carbons (Fsp3) is 0.438. The van der Waals surface area contributed by atoms with Crippen LogP contribution in [0, 0.1) is 13.8 Å². The molecular formula is C16H21BrN2. The molecule has 0 aliphatic rings. The number of hydrogen-bond donors (Lipinski definition) is 0. The van der Waals surface area contributed by atoms with Gasteiger partial charge in [-0.25, -0.2) is 4.98 Å². The van der Waals surface area contributed by atoms with E-state index in [1.54, 1.807) is 0 Å². The second-order valence-electron chi connectivity index (χ2n) is 6.14. The highest BCUT2D eigenvalue weighted by molar-refractivity contribution is 9.10. The molecule has 19 heavy (non-hydrogen) atoms. The lowest BCUT2D eigenvalue weighted by Gasteiger charge is -2.20. The van der Waals surface area contributed by atoms with E-state index < -0.39 is 0 Å². The summed E-state index contributed by atoms with van der Waals surface area (Å²) >= 11 is 3.63. The monoisotopic (exact) mass is 320 g/mol. The third kappa shape index (κ3) is 2.62. The van der Waals surface area contributed by atoms with Crippen LogP contribution in [0.15, 0.2) is 22.8 Å². The predicted molar refractivity (Wildman–Crippen MR) is 84.5 cm³/mol. The first kappa shape index (κ1) is 14.3. The summed E-state index contributed by atoms with van der Waals surface area (Å²) < 4.78 is 3.10. The molecule has 2 nitrogen and oxygen atoms in total. The lowest BCUT2D eigenvalue weighted by atomic mass is 9.85. The van der Waals surface area contributed by atoms with Crippen LogP contribution in [0.5, 0.6) is 0 Å². The van der Waals surface area contributed by atoms with Crippen molar-refractivity contribution < 1.29 is 0 Å². The average molecular weight is 321 g/mol. The minimum Gasteiger partial charge on any atom is -0.326 e. The first-order valence-corrected chi connectivity index (χ1v) is 7.31. The highest BCUT2D eigenvalue weighted by atomic mass is 79.9. The van der Waals surface area contributed by atoms with Crippen LogP contribution in [0.4, 0.5) is 0 Å². The zero-order valence-corrected chi connectivity index (χ0v) is 14.1. The van der Waals surface area contributed by atoms with Gasteiger partial charge in [-0.15, -0.1) is 0 Å². The summed E-state index contributed by atoms with van der Waals surface area (Å²) in [6.45, 7) is 10.9. The van der Waals surface area contributed by atoms with Gasteiger partial charge in [0.25, 0.3) is 0 Å². The van der Waals surface area contributed by atoms with Crippen molar-refractivity contribution in [1.29, 1.82) is 0 Å². The van der Waals surface area contributed by atoms with Crippen molar-refractivity contribution in [2.75, 3.05) is 0 Å². The zero-order valence-electron chi connectivity index (χ0n) is 12.5. The number of nitrogens with zero attached hydrogens (tertiary/aromatic N) is 2. The lowest BCUT2D eigenvalue weighted by Crippen LogP contribution is -2.11. The number of aryl methyl sites for hydroxylation is 2. The van der Waals surface area contributed by atoms with Crippen LogP contribution in [0.1, 0.15) is 37.7 Å². The van der Waals surface area contributed by atoms with E-state index in [2.05, 4.69) is 71.4 Å². The summed E-state index contributed by atoms with van der Waals surface area (Å²) in [5, 5.41) is 0. The summed E-state index contributed by atoms with van der Waals surface area (Å²) in [5.74, 6) is 1.01. The maximum absolute atomic E-state index is 4.65. The van der Waals surface area contributed by atoms with Crippen molar-refractivity contribution >= 4 is 15.9 Å². The van der Waals surface area contributed by atoms with Gasteiger partial charge in [-0.05, 0) is 46.3 Å². The van der Waals surface area contributed by atoms with Crippen LogP contribution in [0.25, 0.3) is 11.3 Å². The number of hydrogen-bond acceptors (Lipinski definition) is 1. The molecule has 0 fully saturated rings. The SMILES string of the molecule is Cc1cc(C(C)(C)C)ccc1-c1nc(C)n(C)c1Br. The summed E-state index contributed by atoms with van der Waals surface area (Å²) in [4.78, 5) is 4.65. The molecule has 0 radical (unpaired) electrons. The van der Waals surface area contributed by atoms with E-state index in [-0.39, 0.29) is 5.41 Å². The second-order valence-corrected chi connectivity index (χ2v) is 6.89. The molecule has 0 saturated heterocycles. The van der Waals surface area contributed by atoms with E-state index in [9.17, 15) is 0 Å². The first-order chi connectivity index (χ1) is 8.71. The molecule has 0 spiro atoms. The molecule has 1 heterocycles. The Balaban J connectivity index is 2.55. The van der Waals surface area contributed by atoms with Crippen LogP contribution >= 0.6 is 15.9 Å². The van der Waals surface area contributed by atoms with E-state index in [1.807, 2.05) is 14.0 Å². The third-order valence-corrected chi connectivity index (χ3v) is 4.50. The Kier molecular flexibility index (Phi) is 3.61. The van der Waals surface area contributed by atoms with Gasteiger partial charge < -0.3 is 4.57 Å². The van der Waals surface area contributed by atoms with Gasteiger partial charge in [0, 0.05) is 12.6 Å². The van der Waals surface area contributed by atoms with E-state index >= 15 is 0 Å². The smallest absolute Gasteiger partial charge is 0.112 e. The van der Waals surface area contributed by atoms with Crippen molar-refractivity contribution in [3.05, 3.63) is 39.8 Å². The lowest BCUT2D eigenvalue weighted by molar-refractivity contribution is 0.590. The van der Waals surface area contributed by atoms with Gasteiger partial charge in [-0.1, -0.05) is 39.0 Å². The fourth-order valence-corrected chi connectivity index (χ4v) is 2.71. The van der Waals surface area contributed by atoms with E-state index in [0.717, 1.165) is 16.1 Å². The molecule has 2 aromatic rings. The number of rotatable bonds is 1. The third-order valence-electron chi connectivity index (χ3n) is 3.60. The van der Waals surface area contributed by atoms with Gasteiger partial charge >= 0.3 is 0 Å². The summed E-state index contributed by atoms with van der Waals surface area (Å²) in [6.07, 6.45) is 0. The number of benzene rings is 1. The highest BCUT2D eigenvalue weighted by Crippen LogP contribution is 2.33. The topological polar surface area (TPSA) is 17.8 Å². The molecule has 0 bridgehead atoms. The molecule has 0 saturated carbocycles. The second kappa shape index (κ2) is 4.78. The fourth-order valence-electron chi connectivity index (χ4n) is 2.15. The molecule has 3 heteroatoms. The molecule has 0 aliphatic heterocycles. The van der Waals surface area contributed by atoms with Gasteiger partial charge in [0.2, 0.25) is 0 Å². The van der Waals surface area contributed by atoms with Gasteiger partial charge in [0.05, 0.1) is 0 Å². The maximum atomic E-state index is 4.65. The predicted octanol–water partition coefficient (Wildman–Crippen LogP) is 4.76. The van der Waals surface area contributed by atoms with E-state index in [0.29, 0.717) is 0 Å². The quantitative estimate of drug-likeness (QED) is 0.740. The van der Waals surface area contributed by atoms with Crippen LogP contribution < -0.4 is 0 Å². The minimum atomic E-state index is 0.181. The molecule has 0 atom stereocenters. The Morgan fingerprint density at radius 1 is 1.16 bits per heavy atom. The average Bonchev–Trinajstić information content (AvgIpc) is 2.56. The van der Waals surface area contributed by atoms with Gasteiger partial charge in [0.1, 0.15) is 16.1 Å². The number of imidazole rings is 1. The molecule has 1 aromatic carbocycles. The van der Waals surface area contributed by atoms with Gasteiger partial charge in [-0.3, -0.25) is 0 Å². The zero-order chi connectivity index (χ0) is 14.4. The van der Waals surface area contributed by atoms with Crippen LogP contribution in [0.3, 0.4) is 0 Å². The Hall–Kier alpha value is -1.09. The summed E-state index contributed by atoms with van der Waals surface area (Å²) in [7, 11) is 2.02. The van der Waals surface area contributed by atoms with Gasteiger partial charge in [-0.2, -0.15) is 0 Å². The Bertz CT molecular complexity index is 618. The first-order valence-electron chi connectivity index (χ1n) is 6.52. The van der Waals surface area contributed by atoms with E-state index in [1.165, 1.54) is 16.7 Å². The number of aromatic nitrogens is 2. The normalized spacial score (nSPS) is 11.9. The van der Waals surface area contributed by atoms with Crippen molar-refractivity contribution in [3.63, 3.8) is 0 Å². The van der Waals surface area contributed by atoms with Crippen molar-refractivity contribution in [2.45, 2.75) is 40.0 Å². The standard InChI is InChI=1S/C16H21BrN2/c1-10-9-12(16(3,4)5)7-8-13(10)14-15(17)19(6)11(2)18-14/h7-9H,1-6H3. The van der Waals surface area contributed by atoms with E-state index in [4.69, 9.17) is 0 Å². The molecule has 102 valence electrons. The molecule has 0 N–H and O–H groups in total. The molecule has 0 aliphatic carbocycles. The minimum absolute atomic E-state index is 0.181. The molecule has 0 amide bonds. The Morgan fingerprint density at radius 3 is 2.21 bits per heavy atom. The molecule has 0 unspecified atom stereocenters. The van der Waals surface area contributed by atoms with Crippen LogP contribution in [-0.2, 0) is 12.5 Å². The van der Waals surface area contributed by atoms with Gasteiger partial charge in [0.15, 0.2) is 0 Å². The van der Waals surface area contributed by atoms with Crippen molar-refractivity contribution in [1.82, 2.24) is 9.55 Å². The summed E-state index contributed by atoms with van der Waals surface area (Å²) in [5.41, 5.74) is 5.03. The van der Waals surface area contributed by atoms with Crippen LogP contribution in [0.2, 0.25) is 0 Å². The van der Waals surface area contributed by atoms with Crippen molar-refractivity contribution in [3.8, 4) is 11.3 Å². The van der Waals surface area contributed by atoms with Crippen LogP contribution in [-0.4, -0.2) is 9.55 Å². The molecule has 2 rings (SSSR count). The highest BCUT2D eigenvalue weighted by Gasteiger charge is 2.17. The largest absolute Gasteiger partial charge is 0.326 e. The number of halogens is 1. The molecule has 1 aromatic heterocycles. The Morgan fingerprint density at radius 2 is 1.79 bits per heavy atom. The Labute approximate surface area is 124 Å². The molecular weight excluding hydrogens is 300 g/mol. The summed E-state index contributed by atoms with van der Waals surface area (Å²) in [6, 6.07) is 6.66.